The Morgan fingerprint density at radius 1 is 1.22 bits per heavy atom. The number of aromatic nitrogens is 2. The van der Waals surface area contributed by atoms with Gasteiger partial charge in [0.2, 0.25) is 0 Å². The first kappa shape index (κ1) is 13.1. The van der Waals surface area contributed by atoms with Crippen molar-refractivity contribution in [1.82, 2.24) is 15.5 Å². The summed E-state index contributed by atoms with van der Waals surface area (Å²) in [5.74, 6) is -2.62. The van der Waals surface area contributed by atoms with Crippen LogP contribution in [0.4, 0.5) is 22.0 Å². The maximum Gasteiger partial charge on any atom is 0.435 e. The summed E-state index contributed by atoms with van der Waals surface area (Å²) < 4.78 is 61.6. The van der Waals surface area contributed by atoms with E-state index in [1.807, 2.05) is 0 Å². The highest BCUT2D eigenvalue weighted by atomic mass is 19.4. The number of halogens is 5. The van der Waals surface area contributed by atoms with E-state index in [1.165, 1.54) is 6.07 Å². The molecule has 1 aliphatic carbocycles. The number of nitrogens with one attached hydrogen (secondary N) is 1. The first-order valence-corrected chi connectivity index (χ1v) is 5.27. The predicted octanol–water partition coefficient (Wildman–Crippen LogP) is 2.38. The molecule has 8 heteroatoms. The Morgan fingerprint density at radius 3 is 2.33 bits per heavy atom. The van der Waals surface area contributed by atoms with Crippen LogP contribution in [0.3, 0.4) is 0 Å². The van der Waals surface area contributed by atoms with Gasteiger partial charge in [0.1, 0.15) is 0 Å². The van der Waals surface area contributed by atoms with Crippen molar-refractivity contribution in [3.05, 3.63) is 23.5 Å². The minimum atomic E-state index is -4.52. The van der Waals surface area contributed by atoms with E-state index in [4.69, 9.17) is 0 Å². The molecule has 3 nitrogen and oxygen atoms in total. The van der Waals surface area contributed by atoms with E-state index in [-0.39, 0.29) is 25.4 Å². The third-order valence-electron chi connectivity index (χ3n) is 2.67. The van der Waals surface area contributed by atoms with E-state index >= 15 is 0 Å². The van der Waals surface area contributed by atoms with Gasteiger partial charge in [-0.25, -0.2) is 8.78 Å². The van der Waals surface area contributed by atoms with E-state index in [1.54, 1.807) is 0 Å². The molecular formula is C10H10F5N3. The molecule has 0 amide bonds. The van der Waals surface area contributed by atoms with Gasteiger partial charge in [0.15, 0.2) is 5.69 Å². The van der Waals surface area contributed by atoms with Gasteiger partial charge in [-0.15, -0.1) is 5.10 Å². The summed E-state index contributed by atoms with van der Waals surface area (Å²) in [5, 5.41) is 9.21. The molecule has 0 aromatic carbocycles. The van der Waals surface area contributed by atoms with Gasteiger partial charge in [-0.05, 0) is 12.1 Å². The average molecular weight is 267 g/mol. The first-order chi connectivity index (χ1) is 8.26. The van der Waals surface area contributed by atoms with Gasteiger partial charge >= 0.3 is 6.18 Å². The second-order valence-corrected chi connectivity index (χ2v) is 4.25. The van der Waals surface area contributed by atoms with Crippen LogP contribution in [0.15, 0.2) is 12.1 Å². The van der Waals surface area contributed by atoms with Crippen molar-refractivity contribution in [2.24, 2.45) is 0 Å². The second-order valence-electron chi connectivity index (χ2n) is 4.25. The summed E-state index contributed by atoms with van der Waals surface area (Å²) >= 11 is 0. The molecule has 1 aromatic heterocycles. The molecule has 0 aliphatic heterocycles. The van der Waals surface area contributed by atoms with Crippen LogP contribution >= 0.6 is 0 Å². The van der Waals surface area contributed by atoms with Crippen molar-refractivity contribution in [1.29, 1.82) is 0 Å². The van der Waals surface area contributed by atoms with E-state index in [2.05, 4.69) is 15.5 Å². The van der Waals surface area contributed by atoms with Gasteiger partial charge in [0.25, 0.3) is 5.92 Å². The van der Waals surface area contributed by atoms with Gasteiger partial charge in [0, 0.05) is 25.4 Å². The smallest absolute Gasteiger partial charge is 0.308 e. The van der Waals surface area contributed by atoms with Gasteiger partial charge in [-0.1, -0.05) is 0 Å². The van der Waals surface area contributed by atoms with Crippen molar-refractivity contribution >= 4 is 0 Å². The first-order valence-electron chi connectivity index (χ1n) is 5.27. The molecule has 1 fully saturated rings. The zero-order valence-electron chi connectivity index (χ0n) is 9.14. The molecule has 1 aromatic rings. The molecule has 0 spiro atoms. The third kappa shape index (κ3) is 3.12. The lowest BCUT2D eigenvalue weighted by molar-refractivity contribution is -0.141. The van der Waals surface area contributed by atoms with Gasteiger partial charge in [0.05, 0.1) is 5.69 Å². The van der Waals surface area contributed by atoms with E-state index in [9.17, 15) is 22.0 Å². The molecule has 1 N–H and O–H groups in total. The van der Waals surface area contributed by atoms with Gasteiger partial charge in [-0.2, -0.15) is 18.3 Å². The van der Waals surface area contributed by atoms with Gasteiger partial charge < -0.3 is 5.32 Å². The number of hydrogen-bond donors (Lipinski definition) is 1. The highest BCUT2D eigenvalue weighted by Gasteiger charge is 2.44. The molecule has 0 unspecified atom stereocenters. The van der Waals surface area contributed by atoms with Crippen LogP contribution in [0, 0.1) is 0 Å². The van der Waals surface area contributed by atoms with E-state index < -0.39 is 17.8 Å². The maximum atomic E-state index is 12.5. The summed E-state index contributed by atoms with van der Waals surface area (Å²) in [5.41, 5.74) is -0.778. The summed E-state index contributed by atoms with van der Waals surface area (Å²) in [6.45, 7) is 0.131. The molecule has 100 valence electrons. The molecule has 1 saturated carbocycles. The highest BCUT2D eigenvalue weighted by Crippen LogP contribution is 2.37. The normalized spacial score (nSPS) is 19.6. The fourth-order valence-corrected chi connectivity index (χ4v) is 1.66. The predicted molar refractivity (Wildman–Crippen MR) is 51.8 cm³/mol. The molecule has 0 bridgehead atoms. The zero-order valence-corrected chi connectivity index (χ0v) is 9.14. The summed E-state index contributed by atoms with van der Waals surface area (Å²) in [7, 11) is 0. The fourth-order valence-electron chi connectivity index (χ4n) is 1.66. The Bertz CT molecular complexity index is 407. The molecule has 1 aliphatic rings. The van der Waals surface area contributed by atoms with Crippen LogP contribution < -0.4 is 5.32 Å². The van der Waals surface area contributed by atoms with Crippen LogP contribution in [0.1, 0.15) is 24.2 Å². The average Bonchev–Trinajstić information content (AvgIpc) is 2.22. The largest absolute Gasteiger partial charge is 0.435 e. The topological polar surface area (TPSA) is 37.8 Å². The maximum absolute atomic E-state index is 12.5. The minimum Gasteiger partial charge on any atom is -0.308 e. The van der Waals surface area contributed by atoms with E-state index in [0.717, 1.165) is 6.07 Å². The molecule has 18 heavy (non-hydrogen) atoms. The lowest BCUT2D eigenvalue weighted by Crippen LogP contribution is -2.48. The van der Waals surface area contributed by atoms with E-state index in [0.29, 0.717) is 5.69 Å². The lowest BCUT2D eigenvalue weighted by Gasteiger charge is -2.35. The van der Waals surface area contributed by atoms with Crippen LogP contribution in [0.5, 0.6) is 0 Å². The number of alkyl halides is 5. The monoisotopic (exact) mass is 267 g/mol. The Labute approximate surface area is 99.4 Å². The molecule has 0 radical (unpaired) electrons. The second kappa shape index (κ2) is 4.42. The van der Waals surface area contributed by atoms with Crippen molar-refractivity contribution < 1.29 is 22.0 Å². The number of hydrogen-bond acceptors (Lipinski definition) is 3. The Morgan fingerprint density at radius 2 is 1.89 bits per heavy atom. The number of rotatable bonds is 3. The fraction of sp³-hybridized carbons (Fsp3) is 0.600. The standard InChI is InChI=1S/C10H10F5N3/c11-9(12)3-7(4-9)16-5-6-1-2-8(18-17-6)10(13,14)15/h1-2,7,16H,3-5H2. The Balaban J connectivity index is 1.84. The van der Waals surface area contributed by atoms with Gasteiger partial charge in [-0.3, -0.25) is 0 Å². The highest BCUT2D eigenvalue weighted by molar-refractivity contribution is 5.09. The van der Waals surface area contributed by atoms with Crippen molar-refractivity contribution in [3.8, 4) is 0 Å². The summed E-state index contributed by atoms with van der Waals surface area (Å²) in [6, 6.07) is 1.68. The summed E-state index contributed by atoms with van der Waals surface area (Å²) in [4.78, 5) is 0. The van der Waals surface area contributed by atoms with Crippen LogP contribution in [0.2, 0.25) is 0 Å². The molecule has 1 heterocycles. The molecule has 0 atom stereocenters. The quantitative estimate of drug-likeness (QED) is 0.854. The summed E-state index contributed by atoms with van der Waals surface area (Å²) in [6.07, 6.45) is -5.02. The Hall–Kier alpha value is -1.31. The SMILES string of the molecule is FC1(F)CC(NCc2ccc(C(F)(F)F)nn2)C1. The zero-order chi connectivity index (χ0) is 13.4. The molecular weight excluding hydrogens is 257 g/mol. The molecule has 0 saturated heterocycles. The van der Waals surface area contributed by atoms with Crippen molar-refractivity contribution in [2.45, 2.75) is 37.5 Å². The lowest BCUT2D eigenvalue weighted by atomic mass is 9.88. The number of nitrogens with zero attached hydrogens (tertiary/aromatic N) is 2. The van der Waals surface area contributed by atoms with Crippen LogP contribution in [0.25, 0.3) is 0 Å². The minimum absolute atomic E-state index is 0.131. The van der Waals surface area contributed by atoms with Crippen LogP contribution in [-0.4, -0.2) is 22.2 Å². The Kier molecular flexibility index (Phi) is 3.22. The van der Waals surface area contributed by atoms with Crippen molar-refractivity contribution in [3.63, 3.8) is 0 Å². The molecule has 2 rings (SSSR count). The van der Waals surface area contributed by atoms with Crippen LogP contribution in [-0.2, 0) is 12.7 Å². The third-order valence-corrected chi connectivity index (χ3v) is 2.67. The van der Waals surface area contributed by atoms with Crippen molar-refractivity contribution in [2.75, 3.05) is 0 Å².